The summed E-state index contributed by atoms with van der Waals surface area (Å²) in [5.41, 5.74) is 0. The molecule has 0 heterocycles. The Morgan fingerprint density at radius 1 is 1.25 bits per heavy atom. The van der Waals surface area contributed by atoms with Crippen molar-refractivity contribution >= 4 is 15.9 Å². The number of rotatable bonds is 5. The molecule has 0 amide bonds. The van der Waals surface area contributed by atoms with Crippen molar-refractivity contribution in [2.45, 2.75) is 19.5 Å². The van der Waals surface area contributed by atoms with Gasteiger partial charge in [0, 0.05) is 11.9 Å². The summed E-state index contributed by atoms with van der Waals surface area (Å²) in [5, 5.41) is 0.586. The molecule has 0 N–H and O–H groups in total. The fourth-order valence-electron chi connectivity index (χ4n) is 0.959. The molecule has 0 unspecified atom stereocenters. The van der Waals surface area contributed by atoms with Crippen molar-refractivity contribution in [2.75, 3.05) is 25.0 Å². The van der Waals surface area contributed by atoms with E-state index in [1.807, 2.05) is 6.92 Å². The van der Waals surface area contributed by atoms with Gasteiger partial charge in [-0.15, -0.1) is 0 Å². The number of hydrogen-bond acceptors (Lipinski definition) is 1. The topological polar surface area (TPSA) is 3.24 Å². The van der Waals surface area contributed by atoms with E-state index in [1.54, 1.807) is 0 Å². The van der Waals surface area contributed by atoms with Gasteiger partial charge in [-0.1, -0.05) is 22.9 Å². The van der Waals surface area contributed by atoms with E-state index in [0.717, 1.165) is 6.42 Å². The van der Waals surface area contributed by atoms with E-state index >= 15 is 0 Å². The Hall–Kier alpha value is 0.230. The van der Waals surface area contributed by atoms with E-state index in [2.05, 4.69) is 15.9 Å². The Morgan fingerprint density at radius 2 is 1.83 bits per heavy atom. The molecule has 0 spiro atoms. The van der Waals surface area contributed by atoms with Crippen molar-refractivity contribution < 1.29 is 13.2 Å². The average Bonchev–Trinajstić information content (AvgIpc) is 1.84. The maximum absolute atomic E-state index is 11.9. The van der Waals surface area contributed by atoms with Gasteiger partial charge in [0.15, 0.2) is 0 Å². The summed E-state index contributed by atoms with van der Waals surface area (Å²) in [5.74, 6) is 0. The molecule has 0 atom stereocenters. The molecule has 0 saturated heterocycles. The number of alkyl halides is 4. The van der Waals surface area contributed by atoms with Gasteiger partial charge in [0.1, 0.15) is 0 Å². The predicted molar refractivity (Wildman–Crippen MR) is 46.6 cm³/mol. The molecule has 12 heavy (non-hydrogen) atoms. The molecule has 0 radical (unpaired) electrons. The van der Waals surface area contributed by atoms with E-state index in [-0.39, 0.29) is 0 Å². The zero-order chi connectivity index (χ0) is 9.61. The van der Waals surface area contributed by atoms with Gasteiger partial charge in [-0.3, -0.25) is 4.90 Å². The Bertz CT molecular complexity index is 110. The minimum atomic E-state index is -4.07. The van der Waals surface area contributed by atoms with Gasteiger partial charge in [0.2, 0.25) is 0 Å². The van der Waals surface area contributed by atoms with Crippen molar-refractivity contribution in [3.8, 4) is 0 Å². The summed E-state index contributed by atoms with van der Waals surface area (Å²) < 4.78 is 35.7. The van der Waals surface area contributed by atoms with Crippen LogP contribution < -0.4 is 0 Å². The summed E-state index contributed by atoms with van der Waals surface area (Å²) in [6.45, 7) is 2.03. The summed E-state index contributed by atoms with van der Waals surface area (Å²) in [7, 11) is 0. The molecule has 74 valence electrons. The highest BCUT2D eigenvalue weighted by Crippen LogP contribution is 2.16. The van der Waals surface area contributed by atoms with Gasteiger partial charge < -0.3 is 0 Å². The maximum Gasteiger partial charge on any atom is 0.401 e. The standard InChI is InChI=1S/C7H13BrF3N/c1-2-4-12(5-3-8)6-7(9,10)11/h2-6H2,1H3. The minimum absolute atomic E-state index is 0.452. The van der Waals surface area contributed by atoms with Gasteiger partial charge in [0.05, 0.1) is 6.54 Å². The second-order valence-corrected chi connectivity index (χ2v) is 3.37. The van der Waals surface area contributed by atoms with Crippen LogP contribution in [0.3, 0.4) is 0 Å². The zero-order valence-corrected chi connectivity index (χ0v) is 8.58. The molecule has 0 aromatic carbocycles. The highest BCUT2D eigenvalue weighted by atomic mass is 79.9. The monoisotopic (exact) mass is 247 g/mol. The van der Waals surface area contributed by atoms with E-state index in [1.165, 1.54) is 4.90 Å². The number of hydrogen-bond donors (Lipinski definition) is 0. The quantitative estimate of drug-likeness (QED) is 0.676. The van der Waals surface area contributed by atoms with Gasteiger partial charge in [-0.2, -0.15) is 13.2 Å². The molecule has 0 aliphatic carbocycles. The Kier molecular flexibility index (Phi) is 5.92. The van der Waals surface area contributed by atoms with Crippen molar-refractivity contribution in [3.05, 3.63) is 0 Å². The van der Waals surface area contributed by atoms with Crippen molar-refractivity contribution in [1.82, 2.24) is 4.90 Å². The minimum Gasteiger partial charge on any atom is -0.294 e. The van der Waals surface area contributed by atoms with Crippen LogP contribution in [0.5, 0.6) is 0 Å². The first-order valence-electron chi connectivity index (χ1n) is 3.84. The molecule has 0 saturated carbocycles. The van der Waals surface area contributed by atoms with Gasteiger partial charge in [0.25, 0.3) is 0 Å². The van der Waals surface area contributed by atoms with E-state index in [0.29, 0.717) is 18.4 Å². The highest BCUT2D eigenvalue weighted by Gasteiger charge is 2.29. The fourth-order valence-corrected chi connectivity index (χ4v) is 1.46. The highest BCUT2D eigenvalue weighted by molar-refractivity contribution is 9.09. The smallest absolute Gasteiger partial charge is 0.294 e. The molecule has 0 aliphatic rings. The van der Waals surface area contributed by atoms with Crippen LogP contribution in [0.15, 0.2) is 0 Å². The Labute approximate surface area is 79.1 Å². The third kappa shape index (κ3) is 6.91. The lowest BCUT2D eigenvalue weighted by Gasteiger charge is -2.21. The van der Waals surface area contributed by atoms with Crippen LogP contribution in [0.4, 0.5) is 13.2 Å². The molecule has 0 bridgehead atoms. The zero-order valence-electron chi connectivity index (χ0n) is 6.99. The normalized spacial score (nSPS) is 12.5. The third-order valence-corrected chi connectivity index (χ3v) is 1.70. The maximum atomic E-state index is 11.9. The van der Waals surface area contributed by atoms with E-state index in [9.17, 15) is 13.2 Å². The fraction of sp³-hybridized carbons (Fsp3) is 1.00. The van der Waals surface area contributed by atoms with Gasteiger partial charge >= 0.3 is 6.18 Å². The van der Waals surface area contributed by atoms with Crippen LogP contribution in [0, 0.1) is 0 Å². The molecular formula is C7H13BrF3N. The van der Waals surface area contributed by atoms with Gasteiger partial charge in [-0.25, -0.2) is 0 Å². The third-order valence-electron chi connectivity index (χ3n) is 1.34. The molecule has 0 aliphatic heterocycles. The van der Waals surface area contributed by atoms with Crippen LogP contribution in [0.1, 0.15) is 13.3 Å². The van der Waals surface area contributed by atoms with Crippen LogP contribution in [0.2, 0.25) is 0 Å². The lowest BCUT2D eigenvalue weighted by Crippen LogP contribution is -2.36. The van der Waals surface area contributed by atoms with Crippen LogP contribution in [-0.4, -0.2) is 36.0 Å². The Balaban J connectivity index is 3.77. The molecule has 0 fully saturated rings. The Morgan fingerprint density at radius 3 is 2.17 bits per heavy atom. The molecule has 5 heteroatoms. The van der Waals surface area contributed by atoms with Crippen molar-refractivity contribution in [2.24, 2.45) is 0 Å². The summed E-state index contributed by atoms with van der Waals surface area (Å²) >= 11 is 3.12. The van der Waals surface area contributed by atoms with Gasteiger partial charge in [-0.05, 0) is 13.0 Å². The first-order valence-corrected chi connectivity index (χ1v) is 4.97. The average molecular weight is 248 g/mol. The lowest BCUT2D eigenvalue weighted by atomic mass is 10.4. The first-order chi connectivity index (χ1) is 5.49. The summed E-state index contributed by atoms with van der Waals surface area (Å²) in [4.78, 5) is 1.40. The molecule has 0 aromatic rings. The molecule has 0 rings (SSSR count). The summed E-state index contributed by atoms with van der Waals surface area (Å²) in [6.07, 6.45) is -3.32. The SMILES string of the molecule is CCCN(CCBr)CC(F)(F)F. The van der Waals surface area contributed by atoms with Crippen LogP contribution in [-0.2, 0) is 0 Å². The predicted octanol–water partition coefficient (Wildman–Crippen LogP) is 2.66. The number of halogens is 4. The van der Waals surface area contributed by atoms with Crippen molar-refractivity contribution in [1.29, 1.82) is 0 Å². The molecular weight excluding hydrogens is 235 g/mol. The second kappa shape index (κ2) is 5.80. The van der Waals surface area contributed by atoms with Crippen molar-refractivity contribution in [3.63, 3.8) is 0 Å². The van der Waals surface area contributed by atoms with E-state index < -0.39 is 12.7 Å². The number of nitrogens with zero attached hydrogens (tertiary/aromatic N) is 1. The summed E-state index contributed by atoms with van der Waals surface area (Å²) in [6, 6.07) is 0. The first kappa shape index (κ1) is 12.2. The molecule has 0 aromatic heterocycles. The van der Waals surface area contributed by atoms with Crippen LogP contribution >= 0.6 is 15.9 Å². The van der Waals surface area contributed by atoms with E-state index in [4.69, 9.17) is 0 Å². The van der Waals surface area contributed by atoms with Crippen LogP contribution in [0.25, 0.3) is 0 Å². The second-order valence-electron chi connectivity index (χ2n) is 2.58. The molecule has 1 nitrogen and oxygen atoms in total. The lowest BCUT2D eigenvalue weighted by molar-refractivity contribution is -0.145. The largest absolute Gasteiger partial charge is 0.401 e.